The third kappa shape index (κ3) is 5.04. The van der Waals surface area contributed by atoms with Crippen molar-refractivity contribution >= 4 is 5.91 Å². The van der Waals surface area contributed by atoms with E-state index in [0.717, 1.165) is 17.7 Å². The molecule has 0 saturated carbocycles. The Hall–Kier alpha value is -1.77. The van der Waals surface area contributed by atoms with E-state index in [-0.39, 0.29) is 5.91 Å². The zero-order chi connectivity index (χ0) is 13.4. The van der Waals surface area contributed by atoms with E-state index in [1.165, 1.54) is 5.56 Å². The first-order chi connectivity index (χ1) is 8.63. The monoisotopic (exact) mass is 247 g/mol. The Morgan fingerprint density at radius 2 is 2.22 bits per heavy atom. The minimum atomic E-state index is 0.0409. The number of rotatable bonds is 7. The lowest BCUT2D eigenvalue weighted by Gasteiger charge is -2.09. The second kappa shape index (κ2) is 7.54. The predicted octanol–water partition coefficient (Wildman–Crippen LogP) is 2.76. The van der Waals surface area contributed by atoms with Crippen molar-refractivity contribution in [2.45, 2.75) is 26.7 Å². The average Bonchev–Trinajstić information content (AvgIpc) is 2.34. The standard InChI is InChI=1S/C15H21NO2/c1-4-9-16-15(17)6-5-10-18-14-8-7-12(2)11-13(14)3/h4,7-8,11H,1,5-6,9-10H2,2-3H3,(H,16,17). The fourth-order valence-electron chi connectivity index (χ4n) is 1.65. The Balaban J connectivity index is 2.25. The number of aryl methyl sites for hydroxylation is 2. The van der Waals surface area contributed by atoms with Crippen molar-refractivity contribution < 1.29 is 9.53 Å². The largest absolute Gasteiger partial charge is 0.493 e. The van der Waals surface area contributed by atoms with E-state index in [0.29, 0.717) is 19.6 Å². The summed E-state index contributed by atoms with van der Waals surface area (Å²) in [6.07, 6.45) is 2.87. The van der Waals surface area contributed by atoms with E-state index in [1.54, 1.807) is 6.08 Å². The summed E-state index contributed by atoms with van der Waals surface area (Å²) >= 11 is 0. The number of amides is 1. The zero-order valence-electron chi connectivity index (χ0n) is 11.2. The maximum Gasteiger partial charge on any atom is 0.220 e. The van der Waals surface area contributed by atoms with Gasteiger partial charge in [0.05, 0.1) is 6.61 Å². The highest BCUT2D eigenvalue weighted by Crippen LogP contribution is 2.18. The minimum absolute atomic E-state index is 0.0409. The summed E-state index contributed by atoms with van der Waals surface area (Å²) in [4.78, 5) is 11.3. The summed E-state index contributed by atoms with van der Waals surface area (Å²) < 4.78 is 5.65. The Morgan fingerprint density at radius 3 is 2.89 bits per heavy atom. The SMILES string of the molecule is C=CCNC(=O)CCCOc1ccc(C)cc1C. The predicted molar refractivity (Wildman–Crippen MR) is 73.9 cm³/mol. The molecule has 3 nitrogen and oxygen atoms in total. The van der Waals surface area contributed by atoms with Gasteiger partial charge in [-0.15, -0.1) is 6.58 Å². The topological polar surface area (TPSA) is 38.3 Å². The van der Waals surface area contributed by atoms with E-state index in [2.05, 4.69) is 24.9 Å². The van der Waals surface area contributed by atoms with Crippen LogP contribution < -0.4 is 10.1 Å². The molecule has 0 heterocycles. The van der Waals surface area contributed by atoms with Gasteiger partial charge in [0.1, 0.15) is 5.75 Å². The van der Waals surface area contributed by atoms with Crippen LogP contribution in [-0.2, 0) is 4.79 Å². The van der Waals surface area contributed by atoms with Crippen molar-refractivity contribution in [2.24, 2.45) is 0 Å². The molecule has 0 bridgehead atoms. The summed E-state index contributed by atoms with van der Waals surface area (Å²) in [5.74, 6) is 0.936. The second-order valence-corrected chi connectivity index (χ2v) is 4.31. The lowest BCUT2D eigenvalue weighted by Crippen LogP contribution is -2.23. The maximum atomic E-state index is 11.3. The van der Waals surface area contributed by atoms with Gasteiger partial charge in [0, 0.05) is 13.0 Å². The molecule has 0 aromatic heterocycles. The lowest BCUT2D eigenvalue weighted by atomic mass is 10.1. The fourth-order valence-corrected chi connectivity index (χ4v) is 1.65. The van der Waals surface area contributed by atoms with Crippen molar-refractivity contribution in [3.8, 4) is 5.75 Å². The summed E-state index contributed by atoms with van der Waals surface area (Å²) in [6, 6.07) is 6.09. The first kappa shape index (κ1) is 14.3. The molecule has 1 amide bonds. The van der Waals surface area contributed by atoms with Gasteiger partial charge in [0.15, 0.2) is 0 Å². The third-order valence-electron chi connectivity index (χ3n) is 2.58. The summed E-state index contributed by atoms with van der Waals surface area (Å²) in [6.45, 7) is 8.71. The first-order valence-electron chi connectivity index (χ1n) is 6.21. The molecule has 0 radical (unpaired) electrons. The van der Waals surface area contributed by atoms with Crippen LogP contribution in [0.3, 0.4) is 0 Å². The molecule has 0 atom stereocenters. The van der Waals surface area contributed by atoms with Gasteiger partial charge in [-0.05, 0) is 31.9 Å². The van der Waals surface area contributed by atoms with E-state index >= 15 is 0 Å². The smallest absolute Gasteiger partial charge is 0.220 e. The van der Waals surface area contributed by atoms with Crippen molar-refractivity contribution in [2.75, 3.05) is 13.2 Å². The highest BCUT2D eigenvalue weighted by molar-refractivity contribution is 5.75. The molecule has 3 heteroatoms. The molecule has 1 aromatic carbocycles. The Morgan fingerprint density at radius 1 is 1.44 bits per heavy atom. The van der Waals surface area contributed by atoms with Crippen LogP contribution in [0.15, 0.2) is 30.9 Å². The van der Waals surface area contributed by atoms with Gasteiger partial charge in [-0.3, -0.25) is 4.79 Å². The maximum absolute atomic E-state index is 11.3. The van der Waals surface area contributed by atoms with Gasteiger partial charge in [-0.2, -0.15) is 0 Å². The fraction of sp³-hybridized carbons (Fsp3) is 0.400. The molecule has 0 fully saturated rings. The third-order valence-corrected chi connectivity index (χ3v) is 2.58. The number of carbonyl (C=O) groups is 1. The highest BCUT2D eigenvalue weighted by Gasteiger charge is 2.02. The van der Waals surface area contributed by atoms with Crippen molar-refractivity contribution in [1.82, 2.24) is 5.32 Å². The summed E-state index contributed by atoms with van der Waals surface area (Å²) in [7, 11) is 0. The zero-order valence-corrected chi connectivity index (χ0v) is 11.2. The molecule has 0 saturated heterocycles. The second-order valence-electron chi connectivity index (χ2n) is 4.31. The molecule has 1 N–H and O–H groups in total. The highest BCUT2D eigenvalue weighted by atomic mass is 16.5. The minimum Gasteiger partial charge on any atom is -0.493 e. The first-order valence-corrected chi connectivity index (χ1v) is 6.21. The molecule has 98 valence electrons. The van der Waals surface area contributed by atoms with Crippen LogP contribution in [0, 0.1) is 13.8 Å². The van der Waals surface area contributed by atoms with E-state index in [1.807, 2.05) is 19.1 Å². The van der Waals surface area contributed by atoms with Crippen molar-refractivity contribution in [3.63, 3.8) is 0 Å². The summed E-state index contributed by atoms with van der Waals surface area (Å²) in [5.41, 5.74) is 2.36. The average molecular weight is 247 g/mol. The van der Waals surface area contributed by atoms with Crippen molar-refractivity contribution in [1.29, 1.82) is 0 Å². The van der Waals surface area contributed by atoms with Crippen LogP contribution in [-0.4, -0.2) is 19.1 Å². The van der Waals surface area contributed by atoms with E-state index in [4.69, 9.17) is 4.74 Å². The van der Waals surface area contributed by atoms with Crippen LogP contribution >= 0.6 is 0 Å². The molecule has 1 aromatic rings. The van der Waals surface area contributed by atoms with Crippen LogP contribution in [0.5, 0.6) is 5.75 Å². The number of benzene rings is 1. The molecule has 0 spiro atoms. The lowest BCUT2D eigenvalue weighted by molar-refractivity contribution is -0.121. The Labute approximate surface area is 109 Å². The normalized spacial score (nSPS) is 9.89. The van der Waals surface area contributed by atoms with Gasteiger partial charge in [0.2, 0.25) is 5.91 Å². The molecule has 0 aliphatic heterocycles. The van der Waals surface area contributed by atoms with E-state index in [9.17, 15) is 4.79 Å². The number of carbonyl (C=O) groups excluding carboxylic acids is 1. The van der Waals surface area contributed by atoms with Crippen LogP contribution in [0.1, 0.15) is 24.0 Å². The summed E-state index contributed by atoms with van der Waals surface area (Å²) in [5, 5.41) is 2.74. The number of ether oxygens (including phenoxy) is 1. The number of hydrogen-bond acceptors (Lipinski definition) is 2. The van der Waals surface area contributed by atoms with Crippen LogP contribution in [0.2, 0.25) is 0 Å². The van der Waals surface area contributed by atoms with Gasteiger partial charge in [-0.1, -0.05) is 23.8 Å². The Kier molecular flexibility index (Phi) is 5.98. The molecule has 18 heavy (non-hydrogen) atoms. The van der Waals surface area contributed by atoms with Crippen molar-refractivity contribution in [3.05, 3.63) is 42.0 Å². The quantitative estimate of drug-likeness (QED) is 0.594. The van der Waals surface area contributed by atoms with Crippen LogP contribution in [0.25, 0.3) is 0 Å². The van der Waals surface area contributed by atoms with Gasteiger partial charge in [-0.25, -0.2) is 0 Å². The van der Waals surface area contributed by atoms with E-state index < -0.39 is 0 Å². The molecule has 0 unspecified atom stereocenters. The number of hydrogen-bond donors (Lipinski definition) is 1. The molecular weight excluding hydrogens is 226 g/mol. The van der Waals surface area contributed by atoms with Crippen LogP contribution in [0.4, 0.5) is 0 Å². The molecule has 1 rings (SSSR count). The molecular formula is C15H21NO2. The Bertz CT molecular complexity index is 413. The molecule has 0 aliphatic carbocycles. The van der Waals surface area contributed by atoms with Gasteiger partial charge >= 0.3 is 0 Å². The van der Waals surface area contributed by atoms with Gasteiger partial charge < -0.3 is 10.1 Å². The molecule has 0 aliphatic rings. The number of nitrogens with one attached hydrogen (secondary N) is 1. The van der Waals surface area contributed by atoms with Gasteiger partial charge in [0.25, 0.3) is 0 Å².